The molecule has 1 aliphatic carbocycles. The Labute approximate surface area is 99.1 Å². The van der Waals surface area contributed by atoms with Gasteiger partial charge in [0.15, 0.2) is 0 Å². The molecule has 1 aromatic carbocycles. The molecule has 2 rings (SSSR count). The van der Waals surface area contributed by atoms with Crippen LogP contribution in [-0.4, -0.2) is 14.2 Å². The Balaban J connectivity index is 2.23. The van der Waals surface area contributed by atoms with E-state index in [1.54, 1.807) is 7.11 Å². The topological polar surface area (TPSA) is 21.3 Å². The SMILES string of the molecule is CNC(c1ccc(OC)c(Br)c1)C1CC1. The molecule has 2 nitrogen and oxygen atoms in total. The van der Waals surface area contributed by atoms with Crippen LogP contribution in [0.1, 0.15) is 24.4 Å². The number of rotatable bonds is 4. The third kappa shape index (κ3) is 2.34. The van der Waals surface area contributed by atoms with E-state index in [9.17, 15) is 0 Å². The van der Waals surface area contributed by atoms with Crippen LogP contribution in [0.4, 0.5) is 0 Å². The van der Waals surface area contributed by atoms with Crippen molar-refractivity contribution >= 4 is 15.9 Å². The number of halogens is 1. The summed E-state index contributed by atoms with van der Waals surface area (Å²) in [5.74, 6) is 1.71. The summed E-state index contributed by atoms with van der Waals surface area (Å²) >= 11 is 3.52. The van der Waals surface area contributed by atoms with Gasteiger partial charge in [0.2, 0.25) is 0 Å². The van der Waals surface area contributed by atoms with Gasteiger partial charge in [-0.3, -0.25) is 0 Å². The third-order valence-electron chi connectivity index (χ3n) is 2.94. The molecular weight excluding hydrogens is 254 g/mol. The van der Waals surface area contributed by atoms with Gasteiger partial charge in [0.1, 0.15) is 5.75 Å². The molecule has 15 heavy (non-hydrogen) atoms. The molecule has 1 unspecified atom stereocenters. The normalized spacial score (nSPS) is 17.5. The summed E-state index contributed by atoms with van der Waals surface area (Å²) in [6.07, 6.45) is 2.68. The van der Waals surface area contributed by atoms with Crippen molar-refractivity contribution in [3.8, 4) is 5.75 Å². The minimum absolute atomic E-state index is 0.493. The van der Waals surface area contributed by atoms with E-state index in [4.69, 9.17) is 4.74 Å². The molecule has 0 radical (unpaired) electrons. The van der Waals surface area contributed by atoms with Gasteiger partial charge in [-0.15, -0.1) is 0 Å². The van der Waals surface area contributed by atoms with E-state index in [1.807, 2.05) is 13.1 Å². The maximum absolute atomic E-state index is 5.22. The summed E-state index contributed by atoms with van der Waals surface area (Å²) in [5.41, 5.74) is 1.34. The molecule has 3 heteroatoms. The second kappa shape index (κ2) is 4.54. The van der Waals surface area contributed by atoms with Crippen molar-refractivity contribution in [1.29, 1.82) is 0 Å². The first kappa shape index (κ1) is 11.0. The Kier molecular flexibility index (Phi) is 3.32. The monoisotopic (exact) mass is 269 g/mol. The molecule has 1 saturated carbocycles. The summed E-state index contributed by atoms with van der Waals surface area (Å²) < 4.78 is 6.25. The van der Waals surface area contributed by atoms with Gasteiger partial charge in [-0.05, 0) is 59.4 Å². The molecule has 1 aromatic rings. The average molecular weight is 270 g/mol. The lowest BCUT2D eigenvalue weighted by atomic mass is 10.0. The lowest BCUT2D eigenvalue weighted by Crippen LogP contribution is -2.18. The summed E-state index contributed by atoms with van der Waals surface area (Å²) in [5, 5.41) is 3.38. The molecule has 0 saturated heterocycles. The first-order chi connectivity index (χ1) is 7.26. The minimum atomic E-state index is 0.493. The molecule has 1 aliphatic rings. The van der Waals surface area contributed by atoms with Crippen molar-refractivity contribution in [2.45, 2.75) is 18.9 Å². The van der Waals surface area contributed by atoms with E-state index in [0.29, 0.717) is 6.04 Å². The Hall–Kier alpha value is -0.540. The van der Waals surface area contributed by atoms with E-state index >= 15 is 0 Å². The fourth-order valence-corrected chi connectivity index (χ4v) is 2.54. The summed E-state index contributed by atoms with van der Waals surface area (Å²) in [4.78, 5) is 0. The van der Waals surface area contributed by atoms with Gasteiger partial charge in [0, 0.05) is 6.04 Å². The van der Waals surface area contributed by atoms with Crippen molar-refractivity contribution in [3.05, 3.63) is 28.2 Å². The molecule has 0 heterocycles. The van der Waals surface area contributed by atoms with Crippen LogP contribution >= 0.6 is 15.9 Å². The fraction of sp³-hybridized carbons (Fsp3) is 0.500. The van der Waals surface area contributed by atoms with Crippen LogP contribution < -0.4 is 10.1 Å². The molecule has 82 valence electrons. The van der Waals surface area contributed by atoms with Crippen molar-refractivity contribution in [2.75, 3.05) is 14.2 Å². The number of hydrogen-bond donors (Lipinski definition) is 1. The Morgan fingerprint density at radius 2 is 2.20 bits per heavy atom. The van der Waals surface area contributed by atoms with E-state index in [0.717, 1.165) is 16.1 Å². The maximum Gasteiger partial charge on any atom is 0.133 e. The lowest BCUT2D eigenvalue weighted by Gasteiger charge is -2.16. The van der Waals surface area contributed by atoms with Crippen molar-refractivity contribution in [2.24, 2.45) is 5.92 Å². The highest BCUT2D eigenvalue weighted by Crippen LogP contribution is 2.42. The van der Waals surface area contributed by atoms with Crippen LogP contribution in [0, 0.1) is 5.92 Å². The third-order valence-corrected chi connectivity index (χ3v) is 3.56. The highest BCUT2D eigenvalue weighted by molar-refractivity contribution is 9.10. The second-order valence-electron chi connectivity index (χ2n) is 4.00. The molecule has 0 amide bonds. The maximum atomic E-state index is 5.22. The molecule has 0 spiro atoms. The summed E-state index contributed by atoms with van der Waals surface area (Å²) in [7, 11) is 3.72. The molecule has 0 aromatic heterocycles. The Bertz CT molecular complexity index is 349. The predicted octanol–water partition coefficient (Wildman–Crippen LogP) is 3.13. The Morgan fingerprint density at radius 3 is 2.67 bits per heavy atom. The molecule has 1 fully saturated rings. The summed E-state index contributed by atoms with van der Waals surface area (Å²) in [6.45, 7) is 0. The zero-order valence-electron chi connectivity index (χ0n) is 9.09. The highest BCUT2D eigenvalue weighted by Gasteiger charge is 2.31. The van der Waals surface area contributed by atoms with Crippen molar-refractivity contribution in [1.82, 2.24) is 5.32 Å². The van der Waals surface area contributed by atoms with Gasteiger partial charge in [-0.1, -0.05) is 6.07 Å². The fourth-order valence-electron chi connectivity index (χ4n) is 1.98. The van der Waals surface area contributed by atoms with Gasteiger partial charge in [0.25, 0.3) is 0 Å². The highest BCUT2D eigenvalue weighted by atomic mass is 79.9. The number of ether oxygens (including phenoxy) is 1. The minimum Gasteiger partial charge on any atom is -0.496 e. The van der Waals surface area contributed by atoms with Crippen molar-refractivity contribution < 1.29 is 4.74 Å². The smallest absolute Gasteiger partial charge is 0.133 e. The van der Waals surface area contributed by atoms with E-state index < -0.39 is 0 Å². The van der Waals surface area contributed by atoms with Crippen LogP contribution in [0.25, 0.3) is 0 Å². The largest absolute Gasteiger partial charge is 0.496 e. The number of hydrogen-bond acceptors (Lipinski definition) is 2. The van der Waals surface area contributed by atoms with E-state index in [1.165, 1.54) is 18.4 Å². The molecule has 1 atom stereocenters. The average Bonchev–Trinajstić information content (AvgIpc) is 3.03. The van der Waals surface area contributed by atoms with E-state index in [-0.39, 0.29) is 0 Å². The quantitative estimate of drug-likeness (QED) is 0.907. The molecule has 0 aliphatic heterocycles. The van der Waals surface area contributed by atoms with Crippen LogP contribution in [-0.2, 0) is 0 Å². The predicted molar refractivity (Wildman–Crippen MR) is 65.2 cm³/mol. The van der Waals surface area contributed by atoms with Gasteiger partial charge < -0.3 is 10.1 Å². The molecule has 1 N–H and O–H groups in total. The zero-order chi connectivity index (χ0) is 10.8. The summed E-state index contributed by atoms with van der Waals surface area (Å²) in [6, 6.07) is 6.81. The van der Waals surface area contributed by atoms with E-state index in [2.05, 4.69) is 33.4 Å². The Morgan fingerprint density at radius 1 is 1.47 bits per heavy atom. The lowest BCUT2D eigenvalue weighted by molar-refractivity contribution is 0.411. The number of methoxy groups -OCH3 is 1. The van der Waals surface area contributed by atoms with Gasteiger partial charge in [-0.2, -0.15) is 0 Å². The van der Waals surface area contributed by atoms with Gasteiger partial charge in [0.05, 0.1) is 11.6 Å². The first-order valence-electron chi connectivity index (χ1n) is 5.27. The van der Waals surface area contributed by atoms with Crippen LogP contribution in [0.3, 0.4) is 0 Å². The molecular formula is C12H16BrNO. The molecule has 0 bridgehead atoms. The van der Waals surface area contributed by atoms with Gasteiger partial charge in [-0.25, -0.2) is 0 Å². The van der Waals surface area contributed by atoms with Crippen LogP contribution in [0.2, 0.25) is 0 Å². The number of nitrogens with one attached hydrogen (secondary N) is 1. The van der Waals surface area contributed by atoms with Crippen molar-refractivity contribution in [3.63, 3.8) is 0 Å². The van der Waals surface area contributed by atoms with Gasteiger partial charge >= 0.3 is 0 Å². The van der Waals surface area contributed by atoms with Crippen LogP contribution in [0.5, 0.6) is 5.75 Å². The zero-order valence-corrected chi connectivity index (χ0v) is 10.7. The van der Waals surface area contributed by atoms with Crippen LogP contribution in [0.15, 0.2) is 22.7 Å². The second-order valence-corrected chi connectivity index (χ2v) is 4.85. The standard InChI is InChI=1S/C12H16BrNO/c1-14-12(8-3-4-8)9-5-6-11(15-2)10(13)7-9/h5-8,12,14H,3-4H2,1-2H3. The first-order valence-corrected chi connectivity index (χ1v) is 6.06. The number of benzene rings is 1.